The number of likely N-dealkylation sites (tertiary alicyclic amines) is 1. The van der Waals surface area contributed by atoms with Crippen molar-refractivity contribution >= 4 is 5.69 Å². The Bertz CT molecular complexity index is 737. The van der Waals surface area contributed by atoms with Gasteiger partial charge >= 0.3 is 0 Å². The van der Waals surface area contributed by atoms with E-state index in [1.807, 2.05) is 36.1 Å². The highest BCUT2D eigenvalue weighted by Gasteiger charge is 2.42. The zero-order valence-electron chi connectivity index (χ0n) is 15.6. The van der Waals surface area contributed by atoms with E-state index in [1.54, 1.807) is 7.11 Å². The Morgan fingerprint density at radius 3 is 2.92 bits per heavy atom. The first-order valence-electron chi connectivity index (χ1n) is 9.39. The van der Waals surface area contributed by atoms with Crippen LogP contribution in [0.25, 0.3) is 0 Å². The molecule has 1 unspecified atom stereocenters. The standard InChI is InChI=1S/C20H28N4O2/c1-23-13-16(12-21-23)14-24-8-6-20(7-9-24)11-18(15-26-20)22-17-4-3-5-19(10-17)25-2/h3-5,10,12-13,18,22H,6-9,11,14-15H2,1-2H3. The summed E-state index contributed by atoms with van der Waals surface area (Å²) in [5, 5.41) is 7.87. The Balaban J connectivity index is 1.29. The van der Waals surface area contributed by atoms with E-state index in [1.165, 1.54) is 5.56 Å². The van der Waals surface area contributed by atoms with Crippen LogP contribution in [0.1, 0.15) is 24.8 Å². The molecule has 1 spiro atoms. The normalized spacial score (nSPS) is 22.6. The Morgan fingerprint density at radius 2 is 2.19 bits per heavy atom. The van der Waals surface area contributed by atoms with E-state index >= 15 is 0 Å². The summed E-state index contributed by atoms with van der Waals surface area (Å²) in [6, 6.07) is 8.48. The number of nitrogens with zero attached hydrogens (tertiary/aromatic N) is 3. The minimum Gasteiger partial charge on any atom is -0.497 e. The molecular formula is C20H28N4O2. The molecule has 0 bridgehead atoms. The van der Waals surface area contributed by atoms with E-state index in [2.05, 4.69) is 27.6 Å². The lowest BCUT2D eigenvalue weighted by Crippen LogP contribution is -2.44. The number of anilines is 1. The van der Waals surface area contributed by atoms with Crippen LogP contribution in [0, 0.1) is 0 Å². The van der Waals surface area contributed by atoms with Gasteiger partial charge in [0.2, 0.25) is 0 Å². The second-order valence-electron chi connectivity index (χ2n) is 7.57. The Kier molecular flexibility index (Phi) is 4.87. The van der Waals surface area contributed by atoms with Crippen molar-refractivity contribution in [2.24, 2.45) is 7.05 Å². The second kappa shape index (κ2) is 7.29. The number of rotatable bonds is 5. The number of hydrogen-bond donors (Lipinski definition) is 1. The number of aryl methyl sites for hydroxylation is 1. The molecule has 1 aromatic carbocycles. The van der Waals surface area contributed by atoms with Gasteiger partial charge in [-0.05, 0) is 31.4 Å². The molecule has 1 N–H and O–H groups in total. The van der Waals surface area contributed by atoms with Crippen molar-refractivity contribution in [2.75, 3.05) is 32.1 Å². The molecule has 140 valence electrons. The SMILES string of the molecule is COc1cccc(NC2COC3(CCN(Cc4cnn(C)c4)CC3)C2)c1. The molecule has 4 rings (SSSR count). The third kappa shape index (κ3) is 3.86. The first-order chi connectivity index (χ1) is 12.6. The molecule has 0 saturated carbocycles. The zero-order valence-corrected chi connectivity index (χ0v) is 15.6. The van der Waals surface area contributed by atoms with E-state index in [-0.39, 0.29) is 5.60 Å². The predicted molar refractivity (Wildman–Crippen MR) is 101 cm³/mol. The molecule has 0 amide bonds. The third-order valence-electron chi connectivity index (χ3n) is 5.58. The summed E-state index contributed by atoms with van der Waals surface area (Å²) in [6.45, 7) is 3.93. The topological polar surface area (TPSA) is 51.5 Å². The number of nitrogens with one attached hydrogen (secondary N) is 1. The molecule has 6 nitrogen and oxygen atoms in total. The molecule has 1 atom stereocenters. The van der Waals surface area contributed by atoms with Crippen molar-refractivity contribution in [1.29, 1.82) is 0 Å². The monoisotopic (exact) mass is 356 g/mol. The van der Waals surface area contributed by atoms with Crippen molar-refractivity contribution in [2.45, 2.75) is 37.5 Å². The predicted octanol–water partition coefficient (Wildman–Crippen LogP) is 2.66. The molecule has 0 radical (unpaired) electrons. The highest BCUT2D eigenvalue weighted by Crippen LogP contribution is 2.37. The van der Waals surface area contributed by atoms with E-state index in [4.69, 9.17) is 9.47 Å². The number of hydrogen-bond acceptors (Lipinski definition) is 5. The maximum atomic E-state index is 6.29. The van der Waals surface area contributed by atoms with Crippen molar-refractivity contribution in [3.8, 4) is 5.75 Å². The van der Waals surface area contributed by atoms with Gasteiger partial charge in [-0.2, -0.15) is 5.10 Å². The lowest BCUT2D eigenvalue weighted by molar-refractivity contribution is -0.0448. The number of methoxy groups -OCH3 is 1. The number of benzene rings is 1. The molecular weight excluding hydrogens is 328 g/mol. The fourth-order valence-electron chi connectivity index (χ4n) is 4.16. The lowest BCUT2D eigenvalue weighted by atomic mass is 9.87. The molecule has 2 saturated heterocycles. The average molecular weight is 356 g/mol. The molecule has 6 heteroatoms. The van der Waals surface area contributed by atoms with Crippen LogP contribution < -0.4 is 10.1 Å². The summed E-state index contributed by atoms with van der Waals surface area (Å²) >= 11 is 0. The van der Waals surface area contributed by atoms with Crippen LogP contribution in [0.5, 0.6) is 5.75 Å². The van der Waals surface area contributed by atoms with Crippen LogP contribution in [0.2, 0.25) is 0 Å². The van der Waals surface area contributed by atoms with Gasteiger partial charge in [-0.15, -0.1) is 0 Å². The number of aromatic nitrogens is 2. The van der Waals surface area contributed by atoms with Gasteiger partial charge in [0.1, 0.15) is 5.75 Å². The minimum absolute atomic E-state index is 0.0436. The maximum absolute atomic E-state index is 6.29. The Labute approximate surface area is 155 Å². The van der Waals surface area contributed by atoms with Crippen molar-refractivity contribution in [1.82, 2.24) is 14.7 Å². The number of ether oxygens (including phenoxy) is 2. The summed E-state index contributed by atoms with van der Waals surface area (Å²) < 4.78 is 13.5. The van der Waals surface area contributed by atoms with Crippen molar-refractivity contribution in [3.05, 3.63) is 42.2 Å². The van der Waals surface area contributed by atoms with Crippen LogP contribution in [0.3, 0.4) is 0 Å². The van der Waals surface area contributed by atoms with Gasteiger partial charge in [0.05, 0.1) is 31.6 Å². The first-order valence-corrected chi connectivity index (χ1v) is 9.39. The van der Waals surface area contributed by atoms with E-state index in [0.717, 1.165) is 56.9 Å². The molecule has 2 aromatic rings. The molecule has 0 aliphatic carbocycles. The molecule has 3 heterocycles. The fourth-order valence-corrected chi connectivity index (χ4v) is 4.16. The van der Waals surface area contributed by atoms with Gasteiger partial charge in [-0.3, -0.25) is 9.58 Å². The highest BCUT2D eigenvalue weighted by molar-refractivity contribution is 5.49. The maximum Gasteiger partial charge on any atom is 0.120 e. The van der Waals surface area contributed by atoms with Crippen molar-refractivity contribution in [3.63, 3.8) is 0 Å². The van der Waals surface area contributed by atoms with Gasteiger partial charge < -0.3 is 14.8 Å². The van der Waals surface area contributed by atoms with Crippen LogP contribution >= 0.6 is 0 Å². The quantitative estimate of drug-likeness (QED) is 0.893. The summed E-state index contributed by atoms with van der Waals surface area (Å²) in [6.07, 6.45) is 7.34. The molecule has 2 fully saturated rings. The molecule has 2 aliphatic heterocycles. The second-order valence-corrected chi connectivity index (χ2v) is 7.57. The van der Waals surface area contributed by atoms with Crippen LogP contribution in [-0.2, 0) is 18.3 Å². The summed E-state index contributed by atoms with van der Waals surface area (Å²) in [7, 11) is 3.67. The smallest absolute Gasteiger partial charge is 0.120 e. The largest absolute Gasteiger partial charge is 0.497 e. The fraction of sp³-hybridized carbons (Fsp3) is 0.550. The first kappa shape index (κ1) is 17.4. The minimum atomic E-state index is 0.0436. The molecule has 1 aromatic heterocycles. The highest BCUT2D eigenvalue weighted by atomic mass is 16.5. The Hall–Kier alpha value is -2.05. The van der Waals surface area contributed by atoms with Crippen LogP contribution in [0.15, 0.2) is 36.7 Å². The molecule has 26 heavy (non-hydrogen) atoms. The summed E-state index contributed by atoms with van der Waals surface area (Å²) in [4.78, 5) is 2.51. The van der Waals surface area contributed by atoms with Gasteiger partial charge in [0.25, 0.3) is 0 Å². The van der Waals surface area contributed by atoms with E-state index < -0.39 is 0 Å². The average Bonchev–Trinajstić information content (AvgIpc) is 3.24. The van der Waals surface area contributed by atoms with E-state index in [9.17, 15) is 0 Å². The van der Waals surface area contributed by atoms with Crippen LogP contribution in [0.4, 0.5) is 5.69 Å². The van der Waals surface area contributed by atoms with Gasteiger partial charge in [0.15, 0.2) is 0 Å². The summed E-state index contributed by atoms with van der Waals surface area (Å²) in [5.74, 6) is 0.882. The van der Waals surface area contributed by atoms with Crippen molar-refractivity contribution < 1.29 is 9.47 Å². The van der Waals surface area contributed by atoms with Gasteiger partial charge in [-0.1, -0.05) is 6.07 Å². The number of piperidine rings is 1. The Morgan fingerprint density at radius 1 is 1.35 bits per heavy atom. The third-order valence-corrected chi connectivity index (χ3v) is 5.58. The van der Waals surface area contributed by atoms with Gasteiger partial charge in [0, 0.05) is 50.2 Å². The summed E-state index contributed by atoms with van der Waals surface area (Å²) in [5.41, 5.74) is 2.43. The van der Waals surface area contributed by atoms with Crippen LogP contribution in [-0.4, -0.2) is 53.1 Å². The van der Waals surface area contributed by atoms with Gasteiger partial charge in [-0.25, -0.2) is 0 Å². The zero-order chi connectivity index (χ0) is 18.0. The van der Waals surface area contributed by atoms with E-state index in [0.29, 0.717) is 6.04 Å². The lowest BCUT2D eigenvalue weighted by Gasteiger charge is -2.38. The molecule has 2 aliphatic rings.